The van der Waals surface area contributed by atoms with Crippen molar-refractivity contribution in [2.24, 2.45) is 0 Å². The first kappa shape index (κ1) is 6.13. The molecule has 1 rings (SSSR count). The van der Waals surface area contributed by atoms with E-state index in [1.165, 1.54) is 6.39 Å². The number of nitrogens with one attached hydrogen (secondary N) is 1. The molecule has 0 bridgehead atoms. The molecule has 3 nitrogen and oxygen atoms in total. The maximum absolute atomic E-state index is 4.92. The summed E-state index contributed by atoms with van der Waals surface area (Å²) in [4.78, 5) is 3.75. The van der Waals surface area contributed by atoms with Crippen LogP contribution in [0.15, 0.2) is 17.0 Å². The van der Waals surface area contributed by atoms with Gasteiger partial charge in [0.25, 0.3) is 0 Å². The van der Waals surface area contributed by atoms with Gasteiger partial charge in [0.1, 0.15) is 0 Å². The normalized spacial score (nSPS) is 10.1. The van der Waals surface area contributed by atoms with E-state index in [1.807, 2.05) is 13.8 Å². The van der Waals surface area contributed by atoms with Crippen molar-refractivity contribution in [3.8, 4) is 0 Å². The molecule has 0 atom stereocenters. The highest BCUT2D eigenvalue weighted by atomic mass is 16.4. The standard InChI is InChI=1S/C6H10N2O/c1-5(2)8-6-3-7-4-9-6/h3-5,8H,1-2H3. The highest BCUT2D eigenvalue weighted by Crippen LogP contribution is 2.04. The number of aromatic nitrogens is 1. The summed E-state index contributed by atoms with van der Waals surface area (Å²) in [7, 11) is 0. The van der Waals surface area contributed by atoms with Crippen LogP contribution in [0, 0.1) is 0 Å². The predicted octanol–water partition coefficient (Wildman–Crippen LogP) is 1.49. The minimum absolute atomic E-state index is 0.401. The fourth-order valence-electron chi connectivity index (χ4n) is 0.572. The van der Waals surface area contributed by atoms with Crippen molar-refractivity contribution in [2.75, 3.05) is 5.32 Å². The monoisotopic (exact) mass is 126 g/mol. The van der Waals surface area contributed by atoms with Gasteiger partial charge >= 0.3 is 0 Å². The number of hydrogen-bond donors (Lipinski definition) is 1. The molecular weight excluding hydrogens is 116 g/mol. The Balaban J connectivity index is 2.48. The lowest BCUT2D eigenvalue weighted by Crippen LogP contribution is -2.08. The van der Waals surface area contributed by atoms with E-state index in [-0.39, 0.29) is 0 Å². The quantitative estimate of drug-likeness (QED) is 0.652. The third kappa shape index (κ3) is 1.76. The van der Waals surface area contributed by atoms with Crippen LogP contribution in [0.5, 0.6) is 0 Å². The molecule has 0 saturated heterocycles. The van der Waals surface area contributed by atoms with Crippen LogP contribution in [-0.2, 0) is 0 Å². The molecule has 0 fully saturated rings. The van der Waals surface area contributed by atoms with Crippen LogP contribution in [0.2, 0.25) is 0 Å². The molecule has 1 heterocycles. The van der Waals surface area contributed by atoms with E-state index < -0.39 is 0 Å². The largest absolute Gasteiger partial charge is 0.428 e. The van der Waals surface area contributed by atoms with E-state index in [4.69, 9.17) is 4.42 Å². The summed E-state index contributed by atoms with van der Waals surface area (Å²) >= 11 is 0. The number of nitrogens with zero attached hydrogens (tertiary/aromatic N) is 1. The molecule has 0 aromatic carbocycles. The van der Waals surface area contributed by atoms with Crippen molar-refractivity contribution in [2.45, 2.75) is 19.9 Å². The van der Waals surface area contributed by atoms with E-state index >= 15 is 0 Å². The van der Waals surface area contributed by atoms with Gasteiger partial charge in [-0.2, -0.15) is 0 Å². The lowest BCUT2D eigenvalue weighted by atomic mass is 10.4. The molecule has 0 aliphatic carbocycles. The topological polar surface area (TPSA) is 38.1 Å². The molecule has 0 saturated carbocycles. The molecule has 0 aliphatic heterocycles. The lowest BCUT2D eigenvalue weighted by Gasteiger charge is -2.03. The van der Waals surface area contributed by atoms with Gasteiger partial charge in [-0.1, -0.05) is 0 Å². The van der Waals surface area contributed by atoms with Crippen molar-refractivity contribution in [3.63, 3.8) is 0 Å². The van der Waals surface area contributed by atoms with Gasteiger partial charge < -0.3 is 9.73 Å². The van der Waals surface area contributed by atoms with Gasteiger partial charge in [0.15, 0.2) is 6.39 Å². The average Bonchev–Trinajstić information content (AvgIpc) is 2.15. The van der Waals surface area contributed by atoms with Crippen LogP contribution in [0.3, 0.4) is 0 Å². The Labute approximate surface area is 54.1 Å². The van der Waals surface area contributed by atoms with Crippen LogP contribution in [0.1, 0.15) is 13.8 Å². The highest BCUT2D eigenvalue weighted by molar-refractivity contribution is 5.26. The zero-order chi connectivity index (χ0) is 6.69. The molecule has 0 radical (unpaired) electrons. The predicted molar refractivity (Wildman–Crippen MR) is 35.3 cm³/mol. The molecule has 3 heteroatoms. The Kier molecular flexibility index (Phi) is 1.72. The first-order chi connectivity index (χ1) is 4.29. The zero-order valence-electron chi connectivity index (χ0n) is 5.59. The van der Waals surface area contributed by atoms with Gasteiger partial charge in [0, 0.05) is 6.04 Å². The maximum Gasteiger partial charge on any atom is 0.213 e. The number of rotatable bonds is 2. The Morgan fingerprint density at radius 3 is 2.89 bits per heavy atom. The van der Waals surface area contributed by atoms with E-state index in [1.54, 1.807) is 6.20 Å². The number of anilines is 1. The van der Waals surface area contributed by atoms with Crippen molar-refractivity contribution < 1.29 is 4.42 Å². The van der Waals surface area contributed by atoms with Crippen LogP contribution in [0.4, 0.5) is 5.88 Å². The molecule has 50 valence electrons. The van der Waals surface area contributed by atoms with Gasteiger partial charge in [-0.25, -0.2) is 4.98 Å². The van der Waals surface area contributed by atoms with Gasteiger partial charge in [0.2, 0.25) is 5.88 Å². The number of oxazole rings is 1. The Morgan fingerprint density at radius 1 is 1.67 bits per heavy atom. The Morgan fingerprint density at radius 2 is 2.44 bits per heavy atom. The molecule has 0 spiro atoms. The lowest BCUT2D eigenvalue weighted by molar-refractivity contribution is 0.564. The Bertz CT molecular complexity index is 158. The molecule has 1 N–H and O–H groups in total. The zero-order valence-corrected chi connectivity index (χ0v) is 5.59. The fraction of sp³-hybridized carbons (Fsp3) is 0.500. The second-order valence-electron chi connectivity index (χ2n) is 2.16. The molecule has 0 unspecified atom stereocenters. The van der Waals surface area contributed by atoms with Crippen molar-refractivity contribution >= 4 is 5.88 Å². The SMILES string of the molecule is CC(C)Nc1cnco1. The van der Waals surface area contributed by atoms with E-state index in [9.17, 15) is 0 Å². The first-order valence-corrected chi connectivity index (χ1v) is 2.94. The average molecular weight is 126 g/mol. The summed E-state index contributed by atoms with van der Waals surface area (Å²) in [5.41, 5.74) is 0. The van der Waals surface area contributed by atoms with Crippen LogP contribution >= 0.6 is 0 Å². The van der Waals surface area contributed by atoms with Gasteiger partial charge in [-0.15, -0.1) is 0 Å². The molecule has 1 aromatic heterocycles. The summed E-state index contributed by atoms with van der Waals surface area (Å²) < 4.78 is 4.92. The minimum Gasteiger partial charge on any atom is -0.428 e. The molecule has 0 aliphatic rings. The van der Waals surface area contributed by atoms with Crippen molar-refractivity contribution in [3.05, 3.63) is 12.6 Å². The van der Waals surface area contributed by atoms with E-state index in [0.29, 0.717) is 6.04 Å². The summed E-state index contributed by atoms with van der Waals surface area (Å²) in [6.07, 6.45) is 3.06. The summed E-state index contributed by atoms with van der Waals surface area (Å²) in [6, 6.07) is 0.401. The summed E-state index contributed by atoms with van der Waals surface area (Å²) in [5.74, 6) is 0.727. The van der Waals surface area contributed by atoms with Gasteiger partial charge in [-0.3, -0.25) is 0 Å². The summed E-state index contributed by atoms with van der Waals surface area (Å²) in [6.45, 7) is 4.09. The smallest absolute Gasteiger partial charge is 0.213 e. The second kappa shape index (κ2) is 2.53. The third-order valence-corrected chi connectivity index (χ3v) is 0.863. The third-order valence-electron chi connectivity index (χ3n) is 0.863. The van der Waals surface area contributed by atoms with E-state index in [0.717, 1.165) is 5.88 Å². The van der Waals surface area contributed by atoms with Crippen LogP contribution in [0.25, 0.3) is 0 Å². The van der Waals surface area contributed by atoms with Gasteiger partial charge in [0.05, 0.1) is 6.20 Å². The molecule has 0 amide bonds. The Hall–Kier alpha value is -0.990. The molecule has 9 heavy (non-hydrogen) atoms. The van der Waals surface area contributed by atoms with Crippen molar-refractivity contribution in [1.82, 2.24) is 4.98 Å². The summed E-state index contributed by atoms with van der Waals surface area (Å²) in [5, 5.41) is 3.06. The second-order valence-corrected chi connectivity index (χ2v) is 2.16. The minimum atomic E-state index is 0.401. The van der Waals surface area contributed by atoms with E-state index in [2.05, 4.69) is 10.3 Å². The number of hydrogen-bond acceptors (Lipinski definition) is 3. The highest BCUT2D eigenvalue weighted by Gasteiger charge is 1.95. The van der Waals surface area contributed by atoms with Crippen molar-refractivity contribution in [1.29, 1.82) is 0 Å². The van der Waals surface area contributed by atoms with Gasteiger partial charge in [-0.05, 0) is 13.8 Å². The molecule has 1 aromatic rings. The maximum atomic E-state index is 4.92. The molecular formula is C6H10N2O. The van der Waals surface area contributed by atoms with Crippen LogP contribution in [-0.4, -0.2) is 11.0 Å². The fourth-order valence-corrected chi connectivity index (χ4v) is 0.572. The first-order valence-electron chi connectivity index (χ1n) is 2.94. The van der Waals surface area contributed by atoms with Crippen LogP contribution < -0.4 is 5.32 Å².